The number of carbonyl (C=O) groups excluding carboxylic acids is 2. The molecule has 0 radical (unpaired) electrons. The van der Waals surface area contributed by atoms with Gasteiger partial charge < -0.3 is 0 Å². The van der Waals surface area contributed by atoms with Crippen LogP contribution in [0, 0.1) is 23.7 Å². The Morgan fingerprint density at radius 1 is 1.14 bits per heavy atom. The van der Waals surface area contributed by atoms with Gasteiger partial charge in [-0.3, -0.25) is 9.59 Å². The zero-order valence-electron chi connectivity index (χ0n) is 8.07. The lowest BCUT2D eigenvalue weighted by atomic mass is 9.72. The molecule has 0 aromatic carbocycles. The van der Waals surface area contributed by atoms with Crippen LogP contribution in [-0.2, 0) is 9.59 Å². The fraction of sp³-hybridized carbons (Fsp3) is 0.500. The fourth-order valence-corrected chi connectivity index (χ4v) is 3.21. The normalized spacial score (nSPS) is 44.2. The summed E-state index contributed by atoms with van der Waals surface area (Å²) in [6, 6.07) is 0. The maximum Gasteiger partial charge on any atom is 0.163 e. The van der Waals surface area contributed by atoms with Crippen molar-refractivity contribution in [2.24, 2.45) is 23.7 Å². The van der Waals surface area contributed by atoms with Gasteiger partial charge in [0.15, 0.2) is 11.6 Å². The molecule has 1 saturated carbocycles. The van der Waals surface area contributed by atoms with E-state index >= 15 is 0 Å². The van der Waals surface area contributed by atoms with E-state index in [0.29, 0.717) is 17.4 Å². The minimum Gasteiger partial charge on any atom is -0.294 e. The van der Waals surface area contributed by atoms with Crippen LogP contribution in [0.4, 0.5) is 0 Å². The van der Waals surface area contributed by atoms with Crippen molar-refractivity contribution in [3.63, 3.8) is 0 Å². The topological polar surface area (TPSA) is 34.1 Å². The molecule has 0 saturated heterocycles. The van der Waals surface area contributed by atoms with Gasteiger partial charge in [-0.2, -0.15) is 0 Å². The van der Waals surface area contributed by atoms with Crippen LogP contribution in [0.1, 0.15) is 13.3 Å². The van der Waals surface area contributed by atoms with E-state index in [1.54, 1.807) is 6.92 Å². The molecule has 0 heterocycles. The third kappa shape index (κ3) is 0.813. The lowest BCUT2D eigenvalue weighted by Crippen LogP contribution is -2.36. The van der Waals surface area contributed by atoms with E-state index in [1.807, 2.05) is 0 Å². The van der Waals surface area contributed by atoms with Gasteiger partial charge in [-0.05, 0) is 36.8 Å². The molecule has 0 unspecified atom stereocenters. The monoisotopic (exact) mass is 188 g/mol. The van der Waals surface area contributed by atoms with Crippen LogP contribution in [0.3, 0.4) is 0 Å². The van der Waals surface area contributed by atoms with Crippen molar-refractivity contribution in [2.75, 3.05) is 0 Å². The number of hydrogen-bond donors (Lipinski definition) is 0. The Morgan fingerprint density at radius 2 is 1.79 bits per heavy atom. The zero-order valence-corrected chi connectivity index (χ0v) is 8.07. The summed E-state index contributed by atoms with van der Waals surface area (Å²) in [5, 5.41) is 0. The molecule has 0 N–H and O–H groups in total. The highest BCUT2D eigenvalue weighted by molar-refractivity contribution is 6.11. The largest absolute Gasteiger partial charge is 0.294 e. The Hall–Kier alpha value is -1.18. The van der Waals surface area contributed by atoms with Gasteiger partial charge in [-0.15, -0.1) is 0 Å². The minimum atomic E-state index is -0.0267. The Balaban J connectivity index is 2.10. The number of fused-ring (bicyclic) bond motifs is 5. The van der Waals surface area contributed by atoms with E-state index in [4.69, 9.17) is 0 Å². The van der Waals surface area contributed by atoms with E-state index in [-0.39, 0.29) is 23.4 Å². The third-order valence-corrected chi connectivity index (χ3v) is 3.84. The molecule has 3 aliphatic carbocycles. The zero-order chi connectivity index (χ0) is 9.87. The molecule has 14 heavy (non-hydrogen) atoms. The highest BCUT2D eigenvalue weighted by atomic mass is 16.1. The summed E-state index contributed by atoms with van der Waals surface area (Å²) < 4.78 is 0. The number of Topliss-reactive ketones (excluding diaryl/α,β-unsaturated/α-hetero) is 1. The first-order chi connectivity index (χ1) is 6.68. The molecule has 2 heteroatoms. The molecule has 3 aliphatic rings. The molecule has 0 spiro atoms. The molecule has 72 valence electrons. The van der Waals surface area contributed by atoms with Crippen molar-refractivity contribution < 1.29 is 9.59 Å². The van der Waals surface area contributed by atoms with Crippen molar-refractivity contribution >= 4 is 11.6 Å². The van der Waals surface area contributed by atoms with Gasteiger partial charge >= 0.3 is 0 Å². The van der Waals surface area contributed by atoms with Gasteiger partial charge in [0.1, 0.15) is 0 Å². The summed E-state index contributed by atoms with van der Waals surface area (Å²) in [5.74, 6) is 0.995. The van der Waals surface area contributed by atoms with Gasteiger partial charge in [-0.25, -0.2) is 0 Å². The molecule has 3 rings (SSSR count). The molecule has 4 atom stereocenters. The maximum atomic E-state index is 11.9. The van der Waals surface area contributed by atoms with Gasteiger partial charge in [-0.1, -0.05) is 12.2 Å². The number of carbonyl (C=O) groups is 2. The van der Waals surface area contributed by atoms with Crippen LogP contribution in [0.25, 0.3) is 0 Å². The summed E-state index contributed by atoms with van der Waals surface area (Å²) in [5.41, 5.74) is 0.650. The molecule has 1 fully saturated rings. The minimum absolute atomic E-state index is 0.0255. The highest BCUT2D eigenvalue weighted by Gasteiger charge is 2.52. The summed E-state index contributed by atoms with van der Waals surface area (Å²) in [4.78, 5) is 23.6. The SMILES string of the molecule is CC1=CC(=O)[C@H]2[C@@H](C1=O)[C@@H]1C=C[C@H]2C1. The maximum absolute atomic E-state index is 11.9. The lowest BCUT2D eigenvalue weighted by Gasteiger charge is -2.28. The van der Waals surface area contributed by atoms with Crippen molar-refractivity contribution in [3.8, 4) is 0 Å². The highest BCUT2D eigenvalue weighted by Crippen LogP contribution is 2.51. The molecule has 0 amide bonds. The molecule has 0 aliphatic heterocycles. The predicted octanol–water partition coefficient (Wildman–Crippen LogP) is 1.52. The molecule has 0 aromatic heterocycles. The smallest absolute Gasteiger partial charge is 0.163 e. The summed E-state index contributed by atoms with van der Waals surface area (Å²) in [6.07, 6.45) is 6.78. The number of allylic oxidation sites excluding steroid dienone is 4. The van der Waals surface area contributed by atoms with Crippen LogP contribution >= 0.6 is 0 Å². The number of rotatable bonds is 0. The summed E-state index contributed by atoms with van der Waals surface area (Å²) in [6.45, 7) is 1.76. The first-order valence-corrected chi connectivity index (χ1v) is 5.13. The Bertz CT molecular complexity index is 389. The fourth-order valence-electron chi connectivity index (χ4n) is 3.21. The number of hydrogen-bond acceptors (Lipinski definition) is 2. The Kier molecular flexibility index (Phi) is 1.42. The van der Waals surface area contributed by atoms with Crippen molar-refractivity contribution in [3.05, 3.63) is 23.8 Å². The van der Waals surface area contributed by atoms with Crippen LogP contribution in [0.5, 0.6) is 0 Å². The van der Waals surface area contributed by atoms with E-state index in [0.717, 1.165) is 6.42 Å². The standard InChI is InChI=1S/C12H12O2/c1-6-4-9(13)10-7-2-3-8(5-7)11(10)12(6)14/h2-4,7-8,10-11H,5H2,1H3/t7-,8+,10-,11-/m0/s1. The van der Waals surface area contributed by atoms with Gasteiger partial charge in [0.25, 0.3) is 0 Å². The third-order valence-electron chi connectivity index (χ3n) is 3.84. The average Bonchev–Trinajstić information content (AvgIpc) is 2.73. The first-order valence-electron chi connectivity index (χ1n) is 5.13. The molecule has 2 bridgehead atoms. The van der Waals surface area contributed by atoms with E-state index in [9.17, 15) is 9.59 Å². The van der Waals surface area contributed by atoms with Crippen molar-refractivity contribution in [1.82, 2.24) is 0 Å². The van der Waals surface area contributed by atoms with Gasteiger partial charge in [0.2, 0.25) is 0 Å². The summed E-state index contributed by atoms with van der Waals surface area (Å²) in [7, 11) is 0. The molecular formula is C12H12O2. The average molecular weight is 188 g/mol. The second-order valence-corrected chi connectivity index (χ2v) is 4.59. The van der Waals surface area contributed by atoms with Crippen LogP contribution in [0.2, 0.25) is 0 Å². The Labute approximate surface area is 82.7 Å². The van der Waals surface area contributed by atoms with Gasteiger partial charge in [0, 0.05) is 11.8 Å². The van der Waals surface area contributed by atoms with Crippen molar-refractivity contribution in [1.29, 1.82) is 0 Å². The van der Waals surface area contributed by atoms with Crippen LogP contribution in [0.15, 0.2) is 23.8 Å². The lowest BCUT2D eigenvalue weighted by molar-refractivity contribution is -0.130. The molecule has 2 nitrogen and oxygen atoms in total. The van der Waals surface area contributed by atoms with Crippen LogP contribution in [-0.4, -0.2) is 11.6 Å². The van der Waals surface area contributed by atoms with Crippen molar-refractivity contribution in [2.45, 2.75) is 13.3 Å². The van der Waals surface area contributed by atoms with Gasteiger partial charge in [0.05, 0.1) is 0 Å². The second kappa shape index (κ2) is 2.44. The van der Waals surface area contributed by atoms with E-state index in [2.05, 4.69) is 12.2 Å². The molecule has 0 aromatic rings. The predicted molar refractivity (Wildman–Crippen MR) is 51.5 cm³/mol. The molecular weight excluding hydrogens is 176 g/mol. The first kappa shape index (κ1) is 8.16. The number of ketones is 2. The van der Waals surface area contributed by atoms with E-state index < -0.39 is 0 Å². The van der Waals surface area contributed by atoms with Crippen LogP contribution < -0.4 is 0 Å². The summed E-state index contributed by atoms with van der Waals surface area (Å²) >= 11 is 0. The second-order valence-electron chi connectivity index (χ2n) is 4.59. The quantitative estimate of drug-likeness (QED) is 0.540. The Morgan fingerprint density at radius 3 is 2.50 bits per heavy atom. The van der Waals surface area contributed by atoms with E-state index in [1.165, 1.54) is 6.08 Å².